The maximum atomic E-state index is 13.2. The number of aromatic nitrogens is 2. The number of nitriles is 1. The largest absolute Gasteiger partial charge is 0.341 e. The van der Waals surface area contributed by atoms with Gasteiger partial charge >= 0.3 is 0 Å². The molecule has 0 saturated carbocycles. The molecule has 22 heavy (non-hydrogen) atoms. The number of rotatable bonds is 3. The first kappa shape index (κ1) is 15.1. The Kier molecular flexibility index (Phi) is 4.21. The summed E-state index contributed by atoms with van der Waals surface area (Å²) < 4.78 is 26.5. The van der Waals surface area contributed by atoms with E-state index in [0.29, 0.717) is 11.5 Å². The predicted molar refractivity (Wildman–Crippen MR) is 77.6 cm³/mol. The standard InChI is InChI=1S/C15H19F2N5/c16-15(17)3-7-21(8-4-15)13(9-18)12-10-19-14(20-11-12)22-5-1-2-6-22/h10-11,13H,1-8H2. The fraction of sp³-hybridized carbons (Fsp3) is 0.667. The van der Waals surface area contributed by atoms with Gasteiger partial charge in [-0.1, -0.05) is 0 Å². The van der Waals surface area contributed by atoms with Gasteiger partial charge in [0.1, 0.15) is 6.04 Å². The van der Waals surface area contributed by atoms with Crippen molar-refractivity contribution in [1.82, 2.24) is 14.9 Å². The van der Waals surface area contributed by atoms with E-state index in [1.165, 1.54) is 0 Å². The molecule has 2 saturated heterocycles. The minimum Gasteiger partial charge on any atom is -0.341 e. The molecule has 3 rings (SSSR count). The second-order valence-corrected chi connectivity index (χ2v) is 5.93. The highest BCUT2D eigenvalue weighted by atomic mass is 19.3. The molecule has 5 nitrogen and oxygen atoms in total. The molecule has 0 spiro atoms. The number of piperidine rings is 1. The van der Waals surface area contributed by atoms with Gasteiger partial charge < -0.3 is 4.90 Å². The first-order valence-electron chi connectivity index (χ1n) is 7.67. The van der Waals surface area contributed by atoms with Gasteiger partial charge in [0.25, 0.3) is 5.92 Å². The van der Waals surface area contributed by atoms with Crippen molar-refractivity contribution in [2.75, 3.05) is 31.1 Å². The SMILES string of the molecule is N#CC(c1cnc(N2CCCC2)nc1)N1CCC(F)(F)CC1. The van der Waals surface area contributed by atoms with Gasteiger partial charge in [-0.3, -0.25) is 4.90 Å². The molecule has 3 heterocycles. The van der Waals surface area contributed by atoms with Crippen molar-refractivity contribution in [3.63, 3.8) is 0 Å². The monoisotopic (exact) mass is 307 g/mol. The molecule has 0 amide bonds. The molecule has 0 N–H and O–H groups in total. The van der Waals surface area contributed by atoms with Crippen molar-refractivity contribution < 1.29 is 8.78 Å². The second kappa shape index (κ2) is 6.13. The van der Waals surface area contributed by atoms with E-state index >= 15 is 0 Å². The predicted octanol–water partition coefficient (Wildman–Crippen LogP) is 2.37. The number of hydrogen-bond donors (Lipinski definition) is 0. The van der Waals surface area contributed by atoms with Gasteiger partial charge in [0.15, 0.2) is 0 Å². The molecule has 7 heteroatoms. The van der Waals surface area contributed by atoms with Crippen LogP contribution in [0.3, 0.4) is 0 Å². The van der Waals surface area contributed by atoms with E-state index < -0.39 is 12.0 Å². The van der Waals surface area contributed by atoms with E-state index in [-0.39, 0.29) is 25.9 Å². The molecule has 2 fully saturated rings. The van der Waals surface area contributed by atoms with Crippen molar-refractivity contribution >= 4 is 5.95 Å². The number of anilines is 1. The molecule has 0 radical (unpaired) electrons. The molecule has 2 aliphatic rings. The van der Waals surface area contributed by atoms with Gasteiger partial charge in [-0.25, -0.2) is 18.7 Å². The summed E-state index contributed by atoms with van der Waals surface area (Å²) in [5, 5.41) is 9.40. The third-order valence-electron chi connectivity index (χ3n) is 4.38. The van der Waals surface area contributed by atoms with Gasteiger partial charge in [0, 0.05) is 57.0 Å². The molecule has 0 aromatic carbocycles. The Balaban J connectivity index is 1.70. The van der Waals surface area contributed by atoms with E-state index in [1.54, 1.807) is 17.3 Å². The van der Waals surface area contributed by atoms with Crippen LogP contribution in [0.25, 0.3) is 0 Å². The highest BCUT2D eigenvalue weighted by Crippen LogP contribution is 2.32. The van der Waals surface area contributed by atoms with Crippen molar-refractivity contribution in [3.05, 3.63) is 18.0 Å². The molecule has 2 aliphatic heterocycles. The van der Waals surface area contributed by atoms with Crippen LogP contribution in [0.2, 0.25) is 0 Å². The van der Waals surface area contributed by atoms with Crippen LogP contribution in [0.5, 0.6) is 0 Å². The maximum Gasteiger partial charge on any atom is 0.250 e. The van der Waals surface area contributed by atoms with E-state index in [9.17, 15) is 14.0 Å². The number of nitrogens with zero attached hydrogens (tertiary/aromatic N) is 5. The van der Waals surface area contributed by atoms with Gasteiger partial charge in [-0.15, -0.1) is 0 Å². The number of halogens is 2. The first-order valence-corrected chi connectivity index (χ1v) is 7.67. The van der Waals surface area contributed by atoms with Crippen molar-refractivity contribution in [2.24, 2.45) is 0 Å². The third kappa shape index (κ3) is 3.17. The summed E-state index contributed by atoms with van der Waals surface area (Å²) in [6.45, 7) is 2.36. The van der Waals surface area contributed by atoms with Crippen LogP contribution in [0.15, 0.2) is 12.4 Å². The summed E-state index contributed by atoms with van der Waals surface area (Å²) in [4.78, 5) is 12.6. The van der Waals surface area contributed by atoms with Crippen LogP contribution in [0.4, 0.5) is 14.7 Å². The maximum absolute atomic E-state index is 13.2. The molecular weight excluding hydrogens is 288 g/mol. The first-order chi connectivity index (χ1) is 10.6. The molecular formula is C15H19F2N5. The molecule has 0 bridgehead atoms. The highest BCUT2D eigenvalue weighted by Gasteiger charge is 2.36. The second-order valence-electron chi connectivity index (χ2n) is 5.93. The van der Waals surface area contributed by atoms with E-state index in [2.05, 4.69) is 20.9 Å². The van der Waals surface area contributed by atoms with Crippen LogP contribution >= 0.6 is 0 Å². The average molecular weight is 307 g/mol. The molecule has 1 aromatic rings. The molecule has 118 valence electrons. The third-order valence-corrected chi connectivity index (χ3v) is 4.38. The smallest absolute Gasteiger partial charge is 0.250 e. The molecule has 1 atom stereocenters. The Labute approximate surface area is 128 Å². The minimum atomic E-state index is -2.60. The lowest BCUT2D eigenvalue weighted by atomic mass is 10.0. The number of likely N-dealkylation sites (tertiary alicyclic amines) is 1. The zero-order valence-corrected chi connectivity index (χ0v) is 12.4. The Morgan fingerprint density at radius 2 is 1.68 bits per heavy atom. The van der Waals surface area contributed by atoms with Crippen LogP contribution in [0, 0.1) is 11.3 Å². The Morgan fingerprint density at radius 1 is 1.09 bits per heavy atom. The van der Waals surface area contributed by atoms with Crippen LogP contribution in [-0.2, 0) is 0 Å². The summed E-state index contributed by atoms with van der Waals surface area (Å²) in [5.74, 6) is -1.92. The Bertz CT molecular complexity index is 538. The Hall–Kier alpha value is -1.81. The Morgan fingerprint density at radius 3 is 2.23 bits per heavy atom. The normalized spacial score (nSPS) is 23.2. The van der Waals surface area contributed by atoms with E-state index in [1.807, 2.05) is 0 Å². The van der Waals surface area contributed by atoms with Crippen LogP contribution in [-0.4, -0.2) is 47.0 Å². The lowest BCUT2D eigenvalue weighted by molar-refractivity contribution is -0.0595. The summed E-state index contributed by atoms with van der Waals surface area (Å²) >= 11 is 0. The summed E-state index contributed by atoms with van der Waals surface area (Å²) in [5.41, 5.74) is 0.677. The summed E-state index contributed by atoms with van der Waals surface area (Å²) in [6.07, 6.45) is 5.21. The topological polar surface area (TPSA) is 56.1 Å². The lowest BCUT2D eigenvalue weighted by Gasteiger charge is -2.34. The van der Waals surface area contributed by atoms with Crippen molar-refractivity contribution in [1.29, 1.82) is 5.26 Å². The van der Waals surface area contributed by atoms with Gasteiger partial charge in [-0.2, -0.15) is 5.26 Å². The summed E-state index contributed by atoms with van der Waals surface area (Å²) in [6, 6.07) is 1.64. The van der Waals surface area contributed by atoms with Gasteiger partial charge in [-0.05, 0) is 12.8 Å². The van der Waals surface area contributed by atoms with Crippen molar-refractivity contribution in [3.8, 4) is 6.07 Å². The highest BCUT2D eigenvalue weighted by molar-refractivity contribution is 5.32. The van der Waals surface area contributed by atoms with Crippen molar-refractivity contribution in [2.45, 2.75) is 37.6 Å². The number of hydrogen-bond acceptors (Lipinski definition) is 5. The van der Waals surface area contributed by atoms with Gasteiger partial charge in [0.2, 0.25) is 5.95 Å². The number of alkyl halides is 2. The molecule has 0 aliphatic carbocycles. The minimum absolute atomic E-state index is 0.197. The van der Waals surface area contributed by atoms with Crippen LogP contribution in [0.1, 0.15) is 37.3 Å². The molecule has 1 aromatic heterocycles. The average Bonchev–Trinajstić information content (AvgIpc) is 3.04. The zero-order chi connectivity index (χ0) is 15.6. The lowest BCUT2D eigenvalue weighted by Crippen LogP contribution is -2.41. The zero-order valence-electron chi connectivity index (χ0n) is 12.4. The van der Waals surface area contributed by atoms with Crippen LogP contribution < -0.4 is 4.90 Å². The molecule has 1 unspecified atom stereocenters. The van der Waals surface area contributed by atoms with E-state index in [4.69, 9.17) is 0 Å². The fourth-order valence-electron chi connectivity index (χ4n) is 3.03. The fourth-order valence-corrected chi connectivity index (χ4v) is 3.03. The quantitative estimate of drug-likeness (QED) is 0.858. The van der Waals surface area contributed by atoms with Gasteiger partial charge in [0.05, 0.1) is 6.07 Å². The van der Waals surface area contributed by atoms with E-state index in [0.717, 1.165) is 25.9 Å². The summed E-state index contributed by atoms with van der Waals surface area (Å²) in [7, 11) is 0.